The molecule has 2 rings (SSSR count). The summed E-state index contributed by atoms with van der Waals surface area (Å²) in [4.78, 5) is 5.78. The lowest BCUT2D eigenvalue weighted by molar-refractivity contribution is 0.583. The first kappa shape index (κ1) is 13.0. The maximum Gasteiger partial charge on any atom is 0.149 e. The van der Waals surface area contributed by atoms with Gasteiger partial charge in [0.25, 0.3) is 0 Å². The maximum absolute atomic E-state index is 13.6. The number of nitrogens with zero attached hydrogens (tertiary/aromatic N) is 2. The third kappa shape index (κ3) is 2.51. The highest BCUT2D eigenvalue weighted by Gasteiger charge is 2.12. The standard InChI is InChI=1S/C13H11BrF2N2/c1-8-5-13(17-7-10(8)14)18(2)12-4-3-9(15)6-11(12)16/h3-7H,1-2H3. The van der Waals surface area contributed by atoms with Gasteiger partial charge in [0.1, 0.15) is 17.5 Å². The van der Waals surface area contributed by atoms with Crippen molar-refractivity contribution in [3.8, 4) is 0 Å². The Balaban J connectivity index is 2.41. The fourth-order valence-corrected chi connectivity index (χ4v) is 1.80. The molecular weight excluding hydrogens is 302 g/mol. The van der Waals surface area contributed by atoms with Crippen LogP contribution < -0.4 is 4.90 Å². The second-order valence-electron chi connectivity index (χ2n) is 3.95. The van der Waals surface area contributed by atoms with Crippen molar-refractivity contribution in [3.63, 3.8) is 0 Å². The van der Waals surface area contributed by atoms with E-state index in [1.165, 1.54) is 12.1 Å². The molecule has 0 fully saturated rings. The minimum absolute atomic E-state index is 0.283. The largest absolute Gasteiger partial charge is 0.327 e. The summed E-state index contributed by atoms with van der Waals surface area (Å²) in [5, 5.41) is 0. The van der Waals surface area contributed by atoms with Gasteiger partial charge in [0.15, 0.2) is 0 Å². The third-order valence-corrected chi connectivity index (χ3v) is 3.48. The van der Waals surface area contributed by atoms with Gasteiger partial charge in [-0.3, -0.25) is 0 Å². The molecule has 0 radical (unpaired) electrons. The van der Waals surface area contributed by atoms with Crippen LogP contribution in [0.1, 0.15) is 5.56 Å². The van der Waals surface area contributed by atoms with Crippen LogP contribution in [0.2, 0.25) is 0 Å². The number of benzene rings is 1. The van der Waals surface area contributed by atoms with Crippen LogP contribution in [0, 0.1) is 18.6 Å². The number of halogens is 3. The number of rotatable bonds is 2. The summed E-state index contributed by atoms with van der Waals surface area (Å²) >= 11 is 3.35. The van der Waals surface area contributed by atoms with E-state index in [0.29, 0.717) is 5.82 Å². The van der Waals surface area contributed by atoms with Crippen molar-refractivity contribution in [2.24, 2.45) is 0 Å². The van der Waals surface area contributed by atoms with Gasteiger partial charge >= 0.3 is 0 Å². The average molecular weight is 313 g/mol. The van der Waals surface area contributed by atoms with Gasteiger partial charge in [0.2, 0.25) is 0 Å². The third-order valence-electron chi connectivity index (χ3n) is 2.65. The van der Waals surface area contributed by atoms with Crippen LogP contribution in [-0.4, -0.2) is 12.0 Å². The zero-order valence-corrected chi connectivity index (χ0v) is 11.5. The predicted molar refractivity (Wildman–Crippen MR) is 71.1 cm³/mol. The van der Waals surface area contributed by atoms with Crippen LogP contribution in [0.4, 0.5) is 20.3 Å². The highest BCUT2D eigenvalue weighted by molar-refractivity contribution is 9.10. The van der Waals surface area contributed by atoms with Crippen LogP contribution in [0.25, 0.3) is 0 Å². The SMILES string of the molecule is Cc1cc(N(C)c2ccc(F)cc2F)ncc1Br. The zero-order chi connectivity index (χ0) is 13.3. The minimum atomic E-state index is -0.611. The summed E-state index contributed by atoms with van der Waals surface area (Å²) < 4.78 is 27.4. The Kier molecular flexibility index (Phi) is 3.61. The summed E-state index contributed by atoms with van der Waals surface area (Å²) in [5.41, 5.74) is 1.28. The fraction of sp³-hybridized carbons (Fsp3) is 0.154. The molecule has 5 heteroatoms. The number of anilines is 2. The van der Waals surface area contributed by atoms with Crippen molar-refractivity contribution in [1.29, 1.82) is 0 Å². The van der Waals surface area contributed by atoms with Crippen molar-refractivity contribution in [2.45, 2.75) is 6.92 Å². The Morgan fingerprint density at radius 2 is 1.94 bits per heavy atom. The minimum Gasteiger partial charge on any atom is -0.327 e. The second kappa shape index (κ2) is 5.02. The molecule has 0 aliphatic rings. The molecule has 0 unspecified atom stereocenters. The summed E-state index contributed by atoms with van der Waals surface area (Å²) in [7, 11) is 1.69. The first-order valence-electron chi connectivity index (χ1n) is 5.30. The lowest BCUT2D eigenvalue weighted by Crippen LogP contribution is -2.13. The topological polar surface area (TPSA) is 16.1 Å². The molecule has 0 aliphatic heterocycles. The van der Waals surface area contributed by atoms with E-state index in [0.717, 1.165) is 16.1 Å². The number of aryl methyl sites for hydroxylation is 1. The Morgan fingerprint density at radius 3 is 2.56 bits per heavy atom. The van der Waals surface area contributed by atoms with Gasteiger partial charge in [-0.1, -0.05) is 0 Å². The first-order valence-corrected chi connectivity index (χ1v) is 6.09. The molecule has 18 heavy (non-hydrogen) atoms. The average Bonchev–Trinajstić information content (AvgIpc) is 2.32. The molecule has 2 aromatic rings. The van der Waals surface area contributed by atoms with Gasteiger partial charge in [-0.2, -0.15) is 0 Å². The Labute approximate surface area is 112 Å². The highest BCUT2D eigenvalue weighted by Crippen LogP contribution is 2.27. The van der Waals surface area contributed by atoms with E-state index in [4.69, 9.17) is 0 Å². The predicted octanol–water partition coefficient (Wildman–Crippen LogP) is 4.20. The van der Waals surface area contributed by atoms with Crippen LogP contribution in [0.3, 0.4) is 0 Å². The van der Waals surface area contributed by atoms with Gasteiger partial charge in [-0.25, -0.2) is 13.8 Å². The Bertz CT molecular complexity index is 587. The van der Waals surface area contributed by atoms with Crippen LogP contribution in [-0.2, 0) is 0 Å². The molecule has 1 aromatic heterocycles. The van der Waals surface area contributed by atoms with Crippen molar-refractivity contribution < 1.29 is 8.78 Å². The van der Waals surface area contributed by atoms with Crippen molar-refractivity contribution in [3.05, 3.63) is 52.1 Å². The normalized spacial score (nSPS) is 10.5. The molecule has 0 N–H and O–H groups in total. The van der Waals surface area contributed by atoms with Crippen LogP contribution in [0.5, 0.6) is 0 Å². The monoisotopic (exact) mass is 312 g/mol. The molecule has 1 aromatic carbocycles. The van der Waals surface area contributed by atoms with E-state index in [9.17, 15) is 8.78 Å². The summed E-state index contributed by atoms with van der Waals surface area (Å²) in [6.45, 7) is 1.92. The molecule has 0 saturated heterocycles. The molecule has 1 heterocycles. The van der Waals surface area contributed by atoms with Gasteiger partial charge < -0.3 is 4.90 Å². The van der Waals surface area contributed by atoms with Crippen LogP contribution >= 0.6 is 15.9 Å². The van der Waals surface area contributed by atoms with Gasteiger partial charge in [-0.15, -0.1) is 0 Å². The van der Waals surface area contributed by atoms with E-state index < -0.39 is 11.6 Å². The number of hydrogen-bond acceptors (Lipinski definition) is 2. The highest BCUT2D eigenvalue weighted by atomic mass is 79.9. The zero-order valence-electron chi connectivity index (χ0n) is 9.92. The summed E-state index contributed by atoms with van der Waals surface area (Å²) in [6.07, 6.45) is 1.66. The van der Waals surface area contributed by atoms with Gasteiger partial charge in [0, 0.05) is 23.8 Å². The van der Waals surface area contributed by atoms with Crippen LogP contribution in [0.15, 0.2) is 34.9 Å². The fourth-order valence-electron chi connectivity index (χ4n) is 1.58. The van der Waals surface area contributed by atoms with E-state index in [-0.39, 0.29) is 5.69 Å². The van der Waals surface area contributed by atoms with E-state index in [1.807, 2.05) is 13.0 Å². The van der Waals surface area contributed by atoms with E-state index >= 15 is 0 Å². The quantitative estimate of drug-likeness (QED) is 0.826. The van der Waals surface area contributed by atoms with Crippen molar-refractivity contribution in [2.75, 3.05) is 11.9 Å². The molecule has 2 nitrogen and oxygen atoms in total. The number of aromatic nitrogens is 1. The van der Waals surface area contributed by atoms with E-state index in [1.54, 1.807) is 18.1 Å². The molecule has 94 valence electrons. The Hall–Kier alpha value is -1.49. The lowest BCUT2D eigenvalue weighted by Gasteiger charge is -2.19. The lowest BCUT2D eigenvalue weighted by atomic mass is 10.2. The maximum atomic E-state index is 13.6. The molecular formula is C13H11BrF2N2. The molecule has 0 bridgehead atoms. The Morgan fingerprint density at radius 1 is 1.22 bits per heavy atom. The first-order chi connectivity index (χ1) is 8.49. The van der Waals surface area contributed by atoms with Crippen molar-refractivity contribution >= 4 is 27.4 Å². The molecule has 0 spiro atoms. The summed E-state index contributed by atoms with van der Waals surface area (Å²) in [6, 6.07) is 5.30. The molecule has 0 atom stereocenters. The van der Waals surface area contributed by atoms with Crippen molar-refractivity contribution in [1.82, 2.24) is 4.98 Å². The number of pyridine rings is 1. The molecule has 0 aliphatic carbocycles. The van der Waals surface area contributed by atoms with Gasteiger partial charge in [-0.05, 0) is 46.6 Å². The van der Waals surface area contributed by atoms with E-state index in [2.05, 4.69) is 20.9 Å². The molecule has 0 saturated carbocycles. The molecule has 0 amide bonds. The number of hydrogen-bond donors (Lipinski definition) is 0. The summed E-state index contributed by atoms with van der Waals surface area (Å²) in [5.74, 6) is -0.606. The smallest absolute Gasteiger partial charge is 0.149 e. The second-order valence-corrected chi connectivity index (χ2v) is 4.80. The van der Waals surface area contributed by atoms with Gasteiger partial charge in [0.05, 0.1) is 5.69 Å².